The Labute approximate surface area is 156 Å². The van der Waals surface area contributed by atoms with Crippen molar-refractivity contribution in [3.05, 3.63) is 29.2 Å². The third-order valence-electron chi connectivity index (χ3n) is 4.66. The summed E-state index contributed by atoms with van der Waals surface area (Å²) in [5.41, 5.74) is 1.42. The van der Waals surface area contributed by atoms with Crippen LogP contribution < -0.4 is 10.2 Å². The highest BCUT2D eigenvalue weighted by Crippen LogP contribution is 2.40. The molecule has 0 spiro atoms. The molecular weight excluding hydrogens is 381 g/mol. The van der Waals surface area contributed by atoms with Crippen LogP contribution in [0.2, 0.25) is 5.02 Å². The van der Waals surface area contributed by atoms with Crippen LogP contribution in [-0.4, -0.2) is 46.8 Å². The summed E-state index contributed by atoms with van der Waals surface area (Å²) in [6.45, 7) is -0.0497. The molecule has 0 amide bonds. The van der Waals surface area contributed by atoms with Crippen LogP contribution >= 0.6 is 11.6 Å². The summed E-state index contributed by atoms with van der Waals surface area (Å²) in [4.78, 5) is 12.6. The normalized spacial score (nSPS) is 17.5. The van der Waals surface area contributed by atoms with Gasteiger partial charge in [0.1, 0.15) is 24.0 Å². The molecule has 0 radical (unpaired) electrons. The standard InChI is InChI=1S/C17H14ClF3N6/c18-12-6-25-16-14(11-3-9(4-22)24-7-13(11)26-16)15(12)27(8-17(19,20)21)10-1-2-23-5-10/h3,6-7,10,23H,1-2,5,8H2,(H,25,26)/t10-/m0/s1. The van der Waals surface area contributed by atoms with Crippen molar-refractivity contribution in [3.8, 4) is 6.07 Å². The van der Waals surface area contributed by atoms with Gasteiger partial charge >= 0.3 is 6.18 Å². The molecule has 2 N–H and O–H groups in total. The summed E-state index contributed by atoms with van der Waals surface area (Å²) in [7, 11) is 0. The lowest BCUT2D eigenvalue weighted by atomic mass is 10.1. The van der Waals surface area contributed by atoms with Gasteiger partial charge in [-0.25, -0.2) is 9.97 Å². The minimum absolute atomic E-state index is 0.134. The lowest BCUT2D eigenvalue weighted by Gasteiger charge is -2.32. The Balaban J connectivity index is 1.99. The van der Waals surface area contributed by atoms with Crippen molar-refractivity contribution in [1.82, 2.24) is 20.3 Å². The molecule has 4 heterocycles. The van der Waals surface area contributed by atoms with Gasteiger partial charge in [-0.05, 0) is 19.0 Å². The molecule has 0 aliphatic carbocycles. The van der Waals surface area contributed by atoms with Crippen molar-refractivity contribution in [2.24, 2.45) is 0 Å². The third kappa shape index (κ3) is 3.26. The van der Waals surface area contributed by atoms with Gasteiger partial charge in [-0.1, -0.05) is 11.6 Å². The Hall–Kier alpha value is -2.57. The molecule has 0 unspecified atom stereocenters. The minimum atomic E-state index is -4.40. The molecule has 0 saturated carbocycles. The molecule has 10 heteroatoms. The molecule has 6 nitrogen and oxygen atoms in total. The van der Waals surface area contributed by atoms with E-state index in [1.54, 1.807) is 0 Å². The second-order valence-corrected chi connectivity index (χ2v) is 6.83. The zero-order valence-electron chi connectivity index (χ0n) is 13.9. The van der Waals surface area contributed by atoms with Gasteiger partial charge in [0.25, 0.3) is 0 Å². The van der Waals surface area contributed by atoms with E-state index < -0.39 is 12.7 Å². The van der Waals surface area contributed by atoms with Crippen LogP contribution in [0, 0.1) is 11.3 Å². The molecule has 0 aromatic carbocycles. The van der Waals surface area contributed by atoms with Crippen LogP contribution in [0.4, 0.5) is 18.9 Å². The maximum atomic E-state index is 13.4. The van der Waals surface area contributed by atoms with Crippen molar-refractivity contribution in [2.45, 2.75) is 18.6 Å². The monoisotopic (exact) mass is 394 g/mol. The minimum Gasteiger partial charge on any atom is -0.356 e. The number of fused-ring (bicyclic) bond motifs is 3. The summed E-state index contributed by atoms with van der Waals surface area (Å²) in [6, 6.07) is 3.13. The first-order valence-electron chi connectivity index (χ1n) is 8.27. The average Bonchev–Trinajstić information content (AvgIpc) is 3.26. The summed E-state index contributed by atoms with van der Waals surface area (Å²) in [6.07, 6.45) is -1.01. The maximum Gasteiger partial charge on any atom is 0.405 e. The topological polar surface area (TPSA) is 80.6 Å². The quantitative estimate of drug-likeness (QED) is 0.712. The number of nitrogens with zero attached hydrogens (tertiary/aromatic N) is 4. The Morgan fingerprint density at radius 1 is 1.33 bits per heavy atom. The van der Waals surface area contributed by atoms with E-state index in [4.69, 9.17) is 16.9 Å². The Bertz CT molecular complexity index is 1050. The number of nitrogens with one attached hydrogen (secondary N) is 2. The molecule has 1 fully saturated rings. The van der Waals surface area contributed by atoms with Crippen molar-refractivity contribution < 1.29 is 13.2 Å². The molecule has 0 bridgehead atoms. The molecule has 4 rings (SSSR count). The molecule has 3 aromatic rings. The Morgan fingerprint density at radius 2 is 2.15 bits per heavy atom. The SMILES string of the molecule is N#Cc1cc2c(cn1)[nH]c1ncc(Cl)c(N(CC(F)(F)F)[C@H]3CCNC3)c12. The van der Waals surface area contributed by atoms with Gasteiger partial charge in [-0.3, -0.25) is 0 Å². The summed E-state index contributed by atoms with van der Waals surface area (Å²) in [5.74, 6) is 0. The van der Waals surface area contributed by atoms with Crippen molar-refractivity contribution in [1.29, 1.82) is 5.26 Å². The molecule has 3 aromatic heterocycles. The highest BCUT2D eigenvalue weighted by molar-refractivity contribution is 6.35. The highest BCUT2D eigenvalue weighted by Gasteiger charge is 2.37. The van der Waals surface area contributed by atoms with E-state index in [1.165, 1.54) is 23.4 Å². The fourth-order valence-corrected chi connectivity index (χ4v) is 3.80. The molecular formula is C17H14ClF3N6. The first-order chi connectivity index (χ1) is 12.9. The van der Waals surface area contributed by atoms with E-state index in [0.29, 0.717) is 41.4 Å². The zero-order valence-corrected chi connectivity index (χ0v) is 14.7. The first-order valence-corrected chi connectivity index (χ1v) is 8.65. The molecule has 1 aliphatic heterocycles. The number of rotatable bonds is 3. The lowest BCUT2D eigenvalue weighted by molar-refractivity contribution is -0.120. The van der Waals surface area contributed by atoms with Crippen LogP contribution in [0.15, 0.2) is 18.5 Å². The predicted molar refractivity (Wildman–Crippen MR) is 95.8 cm³/mol. The Kier molecular flexibility index (Phi) is 4.32. The summed E-state index contributed by atoms with van der Waals surface area (Å²) < 4.78 is 40.1. The van der Waals surface area contributed by atoms with Crippen LogP contribution in [-0.2, 0) is 0 Å². The summed E-state index contributed by atoms with van der Waals surface area (Å²) >= 11 is 6.35. The molecule has 1 saturated heterocycles. The van der Waals surface area contributed by atoms with Crippen LogP contribution in [0.3, 0.4) is 0 Å². The van der Waals surface area contributed by atoms with Crippen molar-refractivity contribution in [3.63, 3.8) is 0 Å². The number of H-pyrrole nitrogens is 1. The number of alkyl halides is 3. The fourth-order valence-electron chi connectivity index (χ4n) is 3.55. The van der Waals surface area contributed by atoms with E-state index in [2.05, 4.69) is 20.3 Å². The van der Waals surface area contributed by atoms with E-state index in [-0.39, 0.29) is 22.4 Å². The lowest BCUT2D eigenvalue weighted by Crippen LogP contribution is -2.43. The van der Waals surface area contributed by atoms with Crippen LogP contribution in [0.25, 0.3) is 21.9 Å². The maximum absolute atomic E-state index is 13.4. The van der Waals surface area contributed by atoms with Gasteiger partial charge in [0, 0.05) is 18.0 Å². The van der Waals surface area contributed by atoms with E-state index in [9.17, 15) is 13.2 Å². The van der Waals surface area contributed by atoms with Gasteiger partial charge in [0.15, 0.2) is 0 Å². The van der Waals surface area contributed by atoms with Gasteiger partial charge < -0.3 is 15.2 Å². The second-order valence-electron chi connectivity index (χ2n) is 6.42. The van der Waals surface area contributed by atoms with Gasteiger partial charge in [-0.15, -0.1) is 0 Å². The van der Waals surface area contributed by atoms with E-state index in [0.717, 1.165) is 0 Å². The molecule has 1 atom stereocenters. The highest BCUT2D eigenvalue weighted by atomic mass is 35.5. The van der Waals surface area contributed by atoms with Gasteiger partial charge in [-0.2, -0.15) is 18.4 Å². The van der Waals surface area contributed by atoms with Crippen LogP contribution in [0.5, 0.6) is 0 Å². The fraction of sp³-hybridized carbons (Fsp3) is 0.353. The Morgan fingerprint density at radius 3 is 2.81 bits per heavy atom. The molecule has 1 aliphatic rings. The number of hydrogen-bond acceptors (Lipinski definition) is 5. The smallest absolute Gasteiger partial charge is 0.356 e. The number of aromatic amines is 1. The van der Waals surface area contributed by atoms with Gasteiger partial charge in [0.2, 0.25) is 0 Å². The largest absolute Gasteiger partial charge is 0.405 e. The number of pyridine rings is 2. The average molecular weight is 395 g/mol. The van der Waals surface area contributed by atoms with Crippen LogP contribution in [0.1, 0.15) is 12.1 Å². The van der Waals surface area contributed by atoms with Crippen molar-refractivity contribution in [2.75, 3.05) is 24.5 Å². The van der Waals surface area contributed by atoms with E-state index >= 15 is 0 Å². The van der Waals surface area contributed by atoms with Gasteiger partial charge in [0.05, 0.1) is 34.0 Å². The number of hydrogen-bond donors (Lipinski definition) is 2. The number of halogens is 4. The second kappa shape index (κ2) is 6.55. The molecule has 140 valence electrons. The number of anilines is 1. The first kappa shape index (κ1) is 17.8. The number of aromatic nitrogens is 3. The molecule has 27 heavy (non-hydrogen) atoms. The number of nitriles is 1. The zero-order chi connectivity index (χ0) is 19.2. The van der Waals surface area contributed by atoms with Crippen molar-refractivity contribution >= 4 is 39.2 Å². The third-order valence-corrected chi connectivity index (χ3v) is 4.94. The van der Waals surface area contributed by atoms with E-state index in [1.807, 2.05) is 6.07 Å². The summed E-state index contributed by atoms with van der Waals surface area (Å²) in [5, 5.41) is 13.4. The predicted octanol–water partition coefficient (Wildman–Crippen LogP) is 3.37.